The van der Waals surface area contributed by atoms with Crippen LogP contribution in [0.25, 0.3) is 0 Å². The molecule has 9 nitrogen and oxygen atoms in total. The lowest BCUT2D eigenvalue weighted by Crippen LogP contribution is -2.48. The summed E-state index contributed by atoms with van der Waals surface area (Å²) in [5.74, 6) is -0.267. The van der Waals surface area contributed by atoms with Gasteiger partial charge in [-0.1, -0.05) is 19.9 Å². The van der Waals surface area contributed by atoms with Crippen molar-refractivity contribution in [3.8, 4) is 5.75 Å². The zero-order chi connectivity index (χ0) is 25.5. The predicted molar refractivity (Wildman–Crippen MR) is 133 cm³/mol. The van der Waals surface area contributed by atoms with E-state index in [0.29, 0.717) is 42.2 Å². The van der Waals surface area contributed by atoms with Crippen molar-refractivity contribution in [2.24, 2.45) is 5.92 Å². The molecular formula is C26H34N4O5. The summed E-state index contributed by atoms with van der Waals surface area (Å²) in [6.07, 6.45) is 1.63. The van der Waals surface area contributed by atoms with Crippen LogP contribution in [0.5, 0.6) is 5.75 Å². The van der Waals surface area contributed by atoms with Gasteiger partial charge in [0.1, 0.15) is 18.1 Å². The first kappa shape index (κ1) is 26.2. The molecular weight excluding hydrogens is 448 g/mol. The molecule has 0 spiro atoms. The lowest BCUT2D eigenvalue weighted by Gasteiger charge is -2.36. The number of hydrogen-bond acceptors (Lipinski definition) is 6. The number of hydrogen-bond donors (Lipinski definition) is 1. The third-order valence-electron chi connectivity index (χ3n) is 6.20. The van der Waals surface area contributed by atoms with Crippen LogP contribution in [0.3, 0.4) is 0 Å². The number of pyridine rings is 1. The van der Waals surface area contributed by atoms with Crippen LogP contribution in [0, 0.1) is 5.92 Å². The first-order valence-corrected chi connectivity index (χ1v) is 11.8. The van der Waals surface area contributed by atoms with Gasteiger partial charge >= 0.3 is 0 Å². The molecule has 3 amide bonds. The smallest absolute Gasteiger partial charge is 0.272 e. The Balaban J connectivity index is 1.99. The summed E-state index contributed by atoms with van der Waals surface area (Å²) in [5.41, 5.74) is 1.26. The van der Waals surface area contributed by atoms with E-state index in [1.807, 2.05) is 13.8 Å². The number of benzene rings is 1. The molecule has 2 aromatic rings. The minimum absolute atomic E-state index is 0.0594. The molecule has 9 heteroatoms. The molecule has 1 aromatic heterocycles. The Labute approximate surface area is 206 Å². The van der Waals surface area contributed by atoms with Gasteiger partial charge in [0, 0.05) is 57.5 Å². The first-order chi connectivity index (χ1) is 16.7. The van der Waals surface area contributed by atoms with Gasteiger partial charge in [-0.3, -0.25) is 19.4 Å². The summed E-state index contributed by atoms with van der Waals surface area (Å²) < 4.78 is 11.8. The number of fused-ring (bicyclic) bond motifs is 1. The van der Waals surface area contributed by atoms with Crippen molar-refractivity contribution >= 4 is 23.4 Å². The Bertz CT molecular complexity index is 1050. The highest BCUT2D eigenvalue weighted by Gasteiger charge is 2.31. The highest BCUT2D eigenvalue weighted by Crippen LogP contribution is 2.27. The standard InChI is InChI=1S/C26H34N4O5/c1-6-24(31)28-19-10-11-20-22(13-19)35-16-18(3)30(26(33)21-9-7-8-12-27-21)14-17(2)23(34-5)15-29(4)25(20)32/h7-13,17-18,23H,6,14-16H2,1-5H3,(H,28,31)/t17-,18-,23-/m1/s1. The number of rotatable bonds is 4. The number of carbonyl (C=O) groups is 3. The summed E-state index contributed by atoms with van der Waals surface area (Å²) in [7, 11) is 3.32. The fourth-order valence-corrected chi connectivity index (χ4v) is 4.02. The molecule has 3 atom stereocenters. The van der Waals surface area contributed by atoms with Gasteiger partial charge < -0.3 is 24.6 Å². The van der Waals surface area contributed by atoms with Crippen LogP contribution in [-0.4, -0.2) is 78.5 Å². The molecule has 2 heterocycles. The quantitative estimate of drug-likeness (QED) is 0.719. The number of nitrogens with one attached hydrogen (secondary N) is 1. The van der Waals surface area contributed by atoms with Crippen LogP contribution >= 0.6 is 0 Å². The first-order valence-electron chi connectivity index (χ1n) is 11.8. The summed E-state index contributed by atoms with van der Waals surface area (Å²) in [5, 5.41) is 2.80. The van der Waals surface area contributed by atoms with E-state index in [-0.39, 0.29) is 42.4 Å². The number of anilines is 1. The SMILES string of the molecule is CCC(=O)Nc1ccc2c(c1)OC[C@@H](C)N(C(=O)c1ccccn1)C[C@@H](C)[C@H](OC)CN(C)C2=O. The van der Waals surface area contributed by atoms with E-state index in [2.05, 4.69) is 10.3 Å². The lowest BCUT2D eigenvalue weighted by atomic mass is 10.0. The molecule has 0 aliphatic carbocycles. The van der Waals surface area contributed by atoms with E-state index < -0.39 is 0 Å². The Morgan fingerprint density at radius 3 is 2.63 bits per heavy atom. The Hall–Kier alpha value is -3.46. The zero-order valence-corrected chi connectivity index (χ0v) is 21.0. The largest absolute Gasteiger partial charge is 0.491 e. The molecule has 1 aromatic carbocycles. The van der Waals surface area contributed by atoms with Gasteiger partial charge in [-0.25, -0.2) is 0 Å². The second-order valence-corrected chi connectivity index (χ2v) is 8.88. The molecule has 0 fully saturated rings. The van der Waals surface area contributed by atoms with Crippen LogP contribution in [0.1, 0.15) is 48.0 Å². The lowest BCUT2D eigenvalue weighted by molar-refractivity contribution is -0.115. The van der Waals surface area contributed by atoms with E-state index in [1.54, 1.807) is 73.5 Å². The molecule has 0 unspecified atom stereocenters. The topological polar surface area (TPSA) is 101 Å². The second kappa shape index (κ2) is 11.8. The number of ether oxygens (including phenoxy) is 2. The van der Waals surface area contributed by atoms with Crippen LogP contribution in [0.2, 0.25) is 0 Å². The fourth-order valence-electron chi connectivity index (χ4n) is 4.02. The number of amides is 3. The van der Waals surface area contributed by atoms with Gasteiger partial charge in [0.15, 0.2) is 0 Å². The maximum atomic E-state index is 13.4. The third kappa shape index (κ3) is 6.36. The summed E-state index contributed by atoms with van der Waals surface area (Å²) >= 11 is 0. The van der Waals surface area contributed by atoms with Crippen molar-refractivity contribution in [1.82, 2.24) is 14.8 Å². The third-order valence-corrected chi connectivity index (χ3v) is 6.20. The number of carbonyl (C=O) groups excluding carboxylic acids is 3. The van der Waals surface area contributed by atoms with Gasteiger partial charge in [-0.05, 0) is 31.2 Å². The number of aromatic nitrogens is 1. The molecule has 1 aliphatic heterocycles. The van der Waals surface area contributed by atoms with E-state index in [1.165, 1.54) is 0 Å². The monoisotopic (exact) mass is 482 g/mol. The predicted octanol–water partition coefficient (Wildman–Crippen LogP) is 3.08. The van der Waals surface area contributed by atoms with Crippen molar-refractivity contribution in [2.45, 2.75) is 39.3 Å². The summed E-state index contributed by atoms with van der Waals surface area (Å²) in [6, 6.07) is 9.90. The summed E-state index contributed by atoms with van der Waals surface area (Å²) in [4.78, 5) is 46.1. The zero-order valence-electron chi connectivity index (χ0n) is 21.0. The minimum Gasteiger partial charge on any atom is -0.491 e. The maximum absolute atomic E-state index is 13.4. The molecule has 3 rings (SSSR count). The van der Waals surface area contributed by atoms with Crippen molar-refractivity contribution in [1.29, 1.82) is 0 Å². The molecule has 0 radical (unpaired) electrons. The molecule has 0 saturated heterocycles. The molecule has 188 valence electrons. The van der Waals surface area contributed by atoms with E-state index in [0.717, 1.165) is 0 Å². The Kier molecular flexibility index (Phi) is 8.81. The number of likely N-dealkylation sites (N-methyl/N-ethyl adjacent to an activating group) is 1. The number of methoxy groups -OCH3 is 1. The highest BCUT2D eigenvalue weighted by atomic mass is 16.5. The average Bonchev–Trinajstić information content (AvgIpc) is 2.87. The maximum Gasteiger partial charge on any atom is 0.272 e. The molecule has 1 N–H and O–H groups in total. The molecule has 35 heavy (non-hydrogen) atoms. The Morgan fingerprint density at radius 1 is 1.20 bits per heavy atom. The van der Waals surface area contributed by atoms with Crippen LogP contribution < -0.4 is 10.1 Å². The van der Waals surface area contributed by atoms with Crippen LogP contribution in [0.4, 0.5) is 5.69 Å². The van der Waals surface area contributed by atoms with Crippen LogP contribution in [-0.2, 0) is 9.53 Å². The van der Waals surface area contributed by atoms with Gasteiger partial charge in [0.05, 0.1) is 17.7 Å². The van der Waals surface area contributed by atoms with E-state index in [4.69, 9.17) is 9.47 Å². The van der Waals surface area contributed by atoms with Gasteiger partial charge in [0.25, 0.3) is 11.8 Å². The van der Waals surface area contributed by atoms with Gasteiger partial charge in [0.2, 0.25) is 5.91 Å². The van der Waals surface area contributed by atoms with Crippen LogP contribution in [0.15, 0.2) is 42.6 Å². The minimum atomic E-state index is -0.321. The second-order valence-electron chi connectivity index (χ2n) is 8.88. The van der Waals surface area contributed by atoms with Crippen molar-refractivity contribution in [3.05, 3.63) is 53.9 Å². The van der Waals surface area contributed by atoms with E-state index >= 15 is 0 Å². The average molecular weight is 483 g/mol. The Morgan fingerprint density at radius 2 is 1.97 bits per heavy atom. The summed E-state index contributed by atoms with van der Waals surface area (Å²) in [6.45, 7) is 6.56. The van der Waals surface area contributed by atoms with E-state index in [9.17, 15) is 14.4 Å². The van der Waals surface area contributed by atoms with Gasteiger partial charge in [-0.15, -0.1) is 0 Å². The highest BCUT2D eigenvalue weighted by molar-refractivity contribution is 5.98. The molecule has 0 bridgehead atoms. The van der Waals surface area contributed by atoms with Gasteiger partial charge in [-0.2, -0.15) is 0 Å². The number of nitrogens with zero attached hydrogens (tertiary/aromatic N) is 3. The fraction of sp³-hybridized carbons (Fsp3) is 0.462. The van der Waals surface area contributed by atoms with Crippen molar-refractivity contribution in [2.75, 3.05) is 39.2 Å². The molecule has 1 aliphatic rings. The van der Waals surface area contributed by atoms with Crippen molar-refractivity contribution < 1.29 is 23.9 Å². The van der Waals surface area contributed by atoms with Crippen molar-refractivity contribution in [3.63, 3.8) is 0 Å². The molecule has 0 saturated carbocycles. The normalized spacial score (nSPS) is 21.3.